The standard InChI is InChI=1S/C26H34O4Si/c1-24(2,3)31(19-14-10-8-11-15-19,20-16-12-9-13-17-20)18-21-25(4,5)26(21,22(27)29-6)23(28)30-7/h8-17,21H,18H2,1-7H3. The first-order valence-corrected chi connectivity index (χ1v) is 13.0. The molecule has 166 valence electrons. The van der Waals surface area contributed by atoms with Gasteiger partial charge in [0.1, 0.15) is 8.07 Å². The van der Waals surface area contributed by atoms with Gasteiger partial charge in [0, 0.05) is 0 Å². The highest BCUT2D eigenvalue weighted by Crippen LogP contribution is 2.73. The third kappa shape index (κ3) is 3.25. The topological polar surface area (TPSA) is 52.6 Å². The second-order valence-corrected chi connectivity index (χ2v) is 15.0. The second-order valence-electron chi connectivity index (χ2n) is 10.2. The Bertz CT molecular complexity index is 889. The lowest BCUT2D eigenvalue weighted by Gasteiger charge is -2.45. The van der Waals surface area contributed by atoms with Crippen molar-refractivity contribution in [1.82, 2.24) is 0 Å². The Morgan fingerprint density at radius 3 is 1.55 bits per heavy atom. The molecule has 1 fully saturated rings. The third-order valence-corrected chi connectivity index (χ3v) is 13.9. The van der Waals surface area contributed by atoms with Gasteiger partial charge in [-0.15, -0.1) is 0 Å². The average molecular weight is 439 g/mol. The molecule has 0 N–H and O–H groups in total. The molecule has 4 nitrogen and oxygen atoms in total. The molecule has 0 spiro atoms. The van der Waals surface area contributed by atoms with Crippen molar-refractivity contribution in [2.45, 2.75) is 45.7 Å². The van der Waals surface area contributed by atoms with Gasteiger partial charge in [0.2, 0.25) is 0 Å². The lowest BCUT2D eigenvalue weighted by molar-refractivity contribution is -0.163. The fourth-order valence-corrected chi connectivity index (χ4v) is 11.9. The monoisotopic (exact) mass is 438 g/mol. The Balaban J connectivity index is 2.26. The zero-order valence-corrected chi connectivity index (χ0v) is 20.7. The zero-order chi connectivity index (χ0) is 23.1. The minimum absolute atomic E-state index is 0.0631. The summed E-state index contributed by atoms with van der Waals surface area (Å²) in [5, 5.41) is 2.55. The quantitative estimate of drug-likeness (QED) is 0.388. The van der Waals surface area contributed by atoms with Gasteiger partial charge in [0.05, 0.1) is 14.2 Å². The van der Waals surface area contributed by atoms with Gasteiger partial charge < -0.3 is 9.47 Å². The van der Waals surface area contributed by atoms with Gasteiger partial charge in [0.25, 0.3) is 0 Å². The first-order chi connectivity index (χ1) is 14.5. The zero-order valence-electron chi connectivity index (χ0n) is 19.7. The summed E-state index contributed by atoms with van der Waals surface area (Å²) in [6.45, 7) is 10.8. The molecule has 31 heavy (non-hydrogen) atoms. The smallest absolute Gasteiger partial charge is 0.324 e. The highest BCUT2D eigenvalue weighted by atomic mass is 28.3. The van der Waals surface area contributed by atoms with Crippen LogP contribution in [0, 0.1) is 16.7 Å². The molecule has 1 aliphatic carbocycles. The Morgan fingerprint density at radius 2 is 1.23 bits per heavy atom. The van der Waals surface area contributed by atoms with E-state index in [1.165, 1.54) is 24.6 Å². The van der Waals surface area contributed by atoms with E-state index in [0.717, 1.165) is 6.04 Å². The molecule has 2 aromatic rings. The Kier molecular flexibility index (Phi) is 5.96. The van der Waals surface area contributed by atoms with Crippen molar-refractivity contribution in [3.05, 3.63) is 60.7 Å². The Hall–Kier alpha value is -2.40. The Labute approximate surface area is 187 Å². The van der Waals surface area contributed by atoms with E-state index in [4.69, 9.17) is 9.47 Å². The Morgan fingerprint density at radius 1 is 0.839 bits per heavy atom. The van der Waals surface area contributed by atoms with Crippen LogP contribution in [0.2, 0.25) is 11.1 Å². The van der Waals surface area contributed by atoms with Crippen LogP contribution in [0.3, 0.4) is 0 Å². The molecule has 1 unspecified atom stereocenters. The van der Waals surface area contributed by atoms with Crippen molar-refractivity contribution in [2.24, 2.45) is 16.7 Å². The molecular formula is C26H34O4Si. The molecule has 0 heterocycles. The van der Waals surface area contributed by atoms with Gasteiger partial charge in [-0.25, -0.2) is 0 Å². The predicted octanol–water partition coefficient (Wildman–Crippen LogP) is 4.04. The van der Waals surface area contributed by atoms with Gasteiger partial charge in [-0.05, 0) is 22.4 Å². The number of ether oxygens (including phenoxy) is 2. The first-order valence-electron chi connectivity index (χ1n) is 10.8. The van der Waals surface area contributed by atoms with Crippen LogP contribution in [-0.2, 0) is 19.1 Å². The number of benzene rings is 2. The summed E-state index contributed by atoms with van der Waals surface area (Å²) in [6, 6.07) is 22.0. The number of carbonyl (C=O) groups excluding carboxylic acids is 2. The maximum Gasteiger partial charge on any atom is 0.324 e. The van der Waals surface area contributed by atoms with E-state index in [-0.39, 0.29) is 11.0 Å². The molecule has 3 rings (SSSR count). The summed E-state index contributed by atoms with van der Waals surface area (Å²) in [6.07, 6.45) is 0. The summed E-state index contributed by atoms with van der Waals surface area (Å²) in [4.78, 5) is 26.0. The minimum Gasteiger partial charge on any atom is -0.468 e. The molecule has 0 radical (unpaired) electrons. The molecule has 0 amide bonds. The van der Waals surface area contributed by atoms with E-state index in [2.05, 4.69) is 69.3 Å². The van der Waals surface area contributed by atoms with Gasteiger partial charge in [-0.1, -0.05) is 106 Å². The van der Waals surface area contributed by atoms with E-state index >= 15 is 0 Å². The van der Waals surface area contributed by atoms with Gasteiger partial charge in [0.15, 0.2) is 5.41 Å². The number of rotatable bonds is 6. The van der Waals surface area contributed by atoms with Crippen molar-refractivity contribution < 1.29 is 19.1 Å². The van der Waals surface area contributed by atoms with Crippen molar-refractivity contribution in [1.29, 1.82) is 0 Å². The van der Waals surface area contributed by atoms with Crippen LogP contribution in [0.5, 0.6) is 0 Å². The highest BCUT2D eigenvalue weighted by molar-refractivity contribution is 7.04. The molecule has 1 atom stereocenters. The van der Waals surface area contributed by atoms with Crippen molar-refractivity contribution in [3.63, 3.8) is 0 Å². The van der Waals surface area contributed by atoms with Crippen LogP contribution in [0.4, 0.5) is 0 Å². The van der Waals surface area contributed by atoms with E-state index in [9.17, 15) is 9.59 Å². The van der Waals surface area contributed by atoms with Gasteiger partial charge in [-0.2, -0.15) is 0 Å². The molecule has 5 heteroatoms. The van der Waals surface area contributed by atoms with Crippen LogP contribution >= 0.6 is 0 Å². The van der Waals surface area contributed by atoms with Crippen LogP contribution in [0.15, 0.2) is 60.7 Å². The average Bonchev–Trinajstić information content (AvgIpc) is 3.25. The molecule has 0 bridgehead atoms. The summed E-state index contributed by atoms with van der Waals surface area (Å²) in [5.74, 6) is -1.16. The van der Waals surface area contributed by atoms with Gasteiger partial charge >= 0.3 is 11.9 Å². The first kappa shape index (κ1) is 23.3. The number of hydrogen-bond acceptors (Lipinski definition) is 4. The molecule has 2 aromatic carbocycles. The molecule has 0 saturated heterocycles. The minimum atomic E-state index is -2.46. The molecule has 1 saturated carbocycles. The van der Waals surface area contributed by atoms with Crippen LogP contribution in [-0.4, -0.2) is 34.2 Å². The van der Waals surface area contributed by atoms with E-state index in [1.807, 2.05) is 26.0 Å². The normalized spacial score (nSPS) is 19.4. The van der Waals surface area contributed by atoms with Gasteiger partial charge in [-0.3, -0.25) is 9.59 Å². The van der Waals surface area contributed by atoms with E-state index in [0.29, 0.717) is 0 Å². The van der Waals surface area contributed by atoms with Crippen LogP contribution in [0.25, 0.3) is 0 Å². The van der Waals surface area contributed by atoms with Crippen LogP contribution < -0.4 is 10.4 Å². The maximum absolute atomic E-state index is 13.0. The lowest BCUT2D eigenvalue weighted by atomic mass is 9.96. The number of esters is 2. The number of hydrogen-bond donors (Lipinski definition) is 0. The molecule has 0 aliphatic heterocycles. The number of methoxy groups -OCH3 is 2. The largest absolute Gasteiger partial charge is 0.468 e. The van der Waals surface area contributed by atoms with Crippen molar-refractivity contribution in [2.75, 3.05) is 14.2 Å². The van der Waals surface area contributed by atoms with E-state index < -0.39 is 30.8 Å². The molecule has 1 aliphatic rings. The fourth-order valence-electron chi connectivity index (χ4n) is 5.82. The van der Waals surface area contributed by atoms with Crippen LogP contribution in [0.1, 0.15) is 34.6 Å². The molecular weight excluding hydrogens is 404 g/mol. The summed E-state index contributed by atoms with van der Waals surface area (Å²) >= 11 is 0. The summed E-state index contributed by atoms with van der Waals surface area (Å²) in [7, 11) is 0.237. The highest BCUT2D eigenvalue weighted by Gasteiger charge is 2.82. The predicted molar refractivity (Wildman–Crippen MR) is 126 cm³/mol. The summed E-state index contributed by atoms with van der Waals surface area (Å²) in [5.41, 5.74) is -1.83. The second kappa shape index (κ2) is 7.94. The van der Waals surface area contributed by atoms with Crippen molar-refractivity contribution >= 4 is 30.4 Å². The SMILES string of the molecule is COC(=O)C1(C(=O)OC)C(C[Si](c2ccccc2)(c2ccccc2)C(C)(C)C)C1(C)C. The molecule has 0 aromatic heterocycles. The number of carbonyl (C=O) groups is 2. The third-order valence-electron chi connectivity index (χ3n) is 7.67. The maximum atomic E-state index is 13.0. The lowest BCUT2D eigenvalue weighted by Crippen LogP contribution is -2.64. The summed E-state index contributed by atoms with van der Waals surface area (Å²) < 4.78 is 10.3. The van der Waals surface area contributed by atoms with Crippen molar-refractivity contribution in [3.8, 4) is 0 Å². The van der Waals surface area contributed by atoms with E-state index in [1.54, 1.807) is 0 Å². The fraction of sp³-hybridized carbons (Fsp3) is 0.462.